The smallest absolute Gasteiger partial charge is 0.273 e. The molecule has 0 saturated heterocycles. The van der Waals surface area contributed by atoms with Crippen LogP contribution in [0.5, 0.6) is 11.5 Å². The quantitative estimate of drug-likeness (QED) is 0.282. The summed E-state index contributed by atoms with van der Waals surface area (Å²) < 4.78 is 6.11. The molecule has 0 saturated carbocycles. The number of nitrogens with one attached hydrogen (secondary N) is 2. The number of hydrogen-bond acceptors (Lipinski definition) is 6. The number of thiocarbonyl (C=S) groups is 1. The molecule has 0 bridgehead atoms. The molecule has 2 aromatic carbocycles. The maximum absolute atomic E-state index is 12.4. The highest BCUT2D eigenvalue weighted by Gasteiger charge is 2.16. The van der Waals surface area contributed by atoms with Gasteiger partial charge in [-0.1, -0.05) is 15.9 Å². The molecule has 3 N–H and O–H groups in total. The molecule has 2 rings (SSSR count). The van der Waals surface area contributed by atoms with Gasteiger partial charge in [0.2, 0.25) is 0 Å². The Labute approximate surface area is 162 Å². The fraction of sp³-hybridized carbons (Fsp3) is 0.125. The van der Waals surface area contributed by atoms with Crippen molar-refractivity contribution < 1.29 is 19.6 Å². The van der Waals surface area contributed by atoms with Crippen LogP contribution in [0.4, 0.5) is 11.4 Å². The largest absolute Gasteiger partial charge is 0.506 e. The van der Waals surface area contributed by atoms with Crippen LogP contribution in [0.25, 0.3) is 0 Å². The van der Waals surface area contributed by atoms with Crippen molar-refractivity contribution in [3.8, 4) is 11.5 Å². The maximum atomic E-state index is 12.4. The fourth-order valence-corrected chi connectivity index (χ4v) is 2.59. The van der Waals surface area contributed by atoms with E-state index in [9.17, 15) is 20.0 Å². The molecule has 0 aliphatic carbocycles. The molecular formula is C16H14BrN3O5S. The van der Waals surface area contributed by atoms with E-state index in [2.05, 4.69) is 26.6 Å². The molecule has 8 nitrogen and oxygen atoms in total. The van der Waals surface area contributed by atoms with Crippen LogP contribution < -0.4 is 15.4 Å². The first-order valence-electron chi connectivity index (χ1n) is 7.34. The number of carbonyl (C=O) groups is 1. The van der Waals surface area contributed by atoms with E-state index in [4.69, 9.17) is 17.0 Å². The molecule has 0 fully saturated rings. The number of rotatable bonds is 5. The SMILES string of the molecule is CCOc1ccc(Br)cc1C(=O)NC(=S)Nc1ccc([N+](=O)[O-])cc1O. The topological polar surface area (TPSA) is 114 Å². The van der Waals surface area contributed by atoms with E-state index < -0.39 is 10.8 Å². The summed E-state index contributed by atoms with van der Waals surface area (Å²) in [6.07, 6.45) is 0. The summed E-state index contributed by atoms with van der Waals surface area (Å²) in [5.74, 6) is -0.476. The van der Waals surface area contributed by atoms with E-state index in [0.29, 0.717) is 16.8 Å². The second-order valence-corrected chi connectivity index (χ2v) is 6.26. The molecule has 0 heterocycles. The lowest BCUT2D eigenvalue weighted by atomic mass is 10.2. The minimum Gasteiger partial charge on any atom is -0.506 e. The zero-order valence-electron chi connectivity index (χ0n) is 13.5. The third kappa shape index (κ3) is 4.90. The van der Waals surface area contributed by atoms with E-state index in [1.165, 1.54) is 12.1 Å². The number of carbonyl (C=O) groups excluding carboxylic acids is 1. The zero-order chi connectivity index (χ0) is 19.3. The third-order valence-electron chi connectivity index (χ3n) is 3.15. The monoisotopic (exact) mass is 439 g/mol. The summed E-state index contributed by atoms with van der Waals surface area (Å²) in [5.41, 5.74) is 0.136. The van der Waals surface area contributed by atoms with E-state index in [0.717, 1.165) is 6.07 Å². The Kier molecular flexibility index (Phi) is 6.47. The summed E-state index contributed by atoms with van der Waals surface area (Å²) in [6, 6.07) is 8.46. The lowest BCUT2D eigenvalue weighted by Crippen LogP contribution is -2.34. The molecule has 136 valence electrons. The number of hydrogen-bond donors (Lipinski definition) is 3. The highest BCUT2D eigenvalue weighted by Crippen LogP contribution is 2.28. The standard InChI is InChI=1S/C16H14BrN3O5S/c1-2-25-14-6-3-9(17)7-11(14)15(22)19-16(26)18-12-5-4-10(20(23)24)8-13(12)21/h3-8,21H,2H2,1H3,(H2,18,19,22,26). The van der Waals surface area contributed by atoms with Crippen LogP contribution in [0, 0.1) is 10.1 Å². The molecule has 0 aliphatic rings. The van der Waals surface area contributed by atoms with Crippen molar-refractivity contribution in [3.63, 3.8) is 0 Å². The summed E-state index contributed by atoms with van der Waals surface area (Å²) in [7, 11) is 0. The highest BCUT2D eigenvalue weighted by atomic mass is 79.9. The Balaban J connectivity index is 2.12. The zero-order valence-corrected chi connectivity index (χ0v) is 15.9. The molecule has 0 atom stereocenters. The van der Waals surface area contributed by atoms with Gasteiger partial charge in [-0.25, -0.2) is 0 Å². The first-order valence-corrected chi connectivity index (χ1v) is 8.54. The van der Waals surface area contributed by atoms with Crippen molar-refractivity contribution in [1.29, 1.82) is 0 Å². The Morgan fingerprint density at radius 1 is 1.35 bits per heavy atom. The summed E-state index contributed by atoms with van der Waals surface area (Å²) in [5, 5.41) is 25.5. The second kappa shape index (κ2) is 8.59. The van der Waals surface area contributed by atoms with E-state index >= 15 is 0 Å². The van der Waals surface area contributed by atoms with Crippen molar-refractivity contribution in [2.24, 2.45) is 0 Å². The number of benzene rings is 2. The van der Waals surface area contributed by atoms with Gasteiger partial charge < -0.3 is 15.2 Å². The number of nitro groups is 1. The number of anilines is 1. The first kappa shape index (κ1) is 19.6. The molecule has 0 aromatic heterocycles. The number of phenolic OH excluding ortho intramolecular Hbond substituents is 1. The molecule has 0 radical (unpaired) electrons. The summed E-state index contributed by atoms with van der Waals surface area (Å²) >= 11 is 8.35. The average molecular weight is 440 g/mol. The normalized spacial score (nSPS) is 10.1. The first-order chi connectivity index (χ1) is 12.3. The number of non-ortho nitro benzene ring substituents is 1. The average Bonchev–Trinajstić information content (AvgIpc) is 2.58. The molecule has 1 amide bonds. The minimum atomic E-state index is -0.633. The van der Waals surface area contributed by atoms with Crippen LogP contribution in [-0.4, -0.2) is 27.7 Å². The van der Waals surface area contributed by atoms with Gasteiger partial charge >= 0.3 is 0 Å². The molecule has 10 heteroatoms. The lowest BCUT2D eigenvalue weighted by molar-refractivity contribution is -0.384. The Bertz CT molecular complexity index is 875. The number of nitrogens with zero attached hydrogens (tertiary/aromatic N) is 1. The van der Waals surface area contributed by atoms with Crippen molar-refractivity contribution in [3.05, 3.63) is 56.5 Å². The van der Waals surface area contributed by atoms with Gasteiger partial charge in [-0.05, 0) is 43.4 Å². The second-order valence-electron chi connectivity index (χ2n) is 4.94. The fourth-order valence-electron chi connectivity index (χ4n) is 2.02. The van der Waals surface area contributed by atoms with Gasteiger partial charge in [-0.15, -0.1) is 0 Å². The molecule has 26 heavy (non-hydrogen) atoms. The molecular weight excluding hydrogens is 426 g/mol. The van der Waals surface area contributed by atoms with Gasteiger partial charge in [0, 0.05) is 10.5 Å². The van der Waals surface area contributed by atoms with Crippen LogP contribution in [0.1, 0.15) is 17.3 Å². The van der Waals surface area contributed by atoms with Crippen molar-refractivity contribution in [1.82, 2.24) is 5.32 Å². The maximum Gasteiger partial charge on any atom is 0.273 e. The van der Waals surface area contributed by atoms with E-state index in [1.54, 1.807) is 25.1 Å². The Hall–Kier alpha value is -2.72. The third-order valence-corrected chi connectivity index (χ3v) is 3.85. The van der Waals surface area contributed by atoms with Crippen LogP contribution in [-0.2, 0) is 0 Å². The van der Waals surface area contributed by atoms with Gasteiger partial charge in [-0.3, -0.25) is 20.2 Å². The number of phenols is 1. The van der Waals surface area contributed by atoms with Crippen LogP contribution >= 0.6 is 28.1 Å². The predicted octanol–water partition coefficient (Wildman–Crippen LogP) is 3.59. The van der Waals surface area contributed by atoms with E-state index in [-0.39, 0.29) is 27.8 Å². The van der Waals surface area contributed by atoms with Gasteiger partial charge in [-0.2, -0.15) is 0 Å². The van der Waals surface area contributed by atoms with Gasteiger partial charge in [0.1, 0.15) is 11.5 Å². The van der Waals surface area contributed by atoms with Crippen molar-refractivity contribution in [2.75, 3.05) is 11.9 Å². The van der Waals surface area contributed by atoms with Crippen LogP contribution in [0.15, 0.2) is 40.9 Å². The number of halogens is 1. The van der Waals surface area contributed by atoms with E-state index in [1.807, 2.05) is 0 Å². The number of ether oxygens (including phenoxy) is 1. The van der Waals surface area contributed by atoms with Crippen LogP contribution in [0.3, 0.4) is 0 Å². The number of amides is 1. The molecule has 0 aliphatic heterocycles. The summed E-state index contributed by atoms with van der Waals surface area (Å²) in [4.78, 5) is 22.5. The lowest BCUT2D eigenvalue weighted by Gasteiger charge is -2.13. The number of aromatic hydroxyl groups is 1. The molecule has 0 unspecified atom stereocenters. The predicted molar refractivity (Wildman–Crippen MR) is 104 cm³/mol. The minimum absolute atomic E-state index is 0.0819. The summed E-state index contributed by atoms with van der Waals surface area (Å²) in [6.45, 7) is 2.19. The van der Waals surface area contributed by atoms with Crippen molar-refractivity contribution >= 4 is 50.5 Å². The Morgan fingerprint density at radius 3 is 2.69 bits per heavy atom. The van der Waals surface area contributed by atoms with Crippen molar-refractivity contribution in [2.45, 2.75) is 6.92 Å². The van der Waals surface area contributed by atoms with Gasteiger partial charge in [0.15, 0.2) is 5.11 Å². The Morgan fingerprint density at radius 2 is 2.08 bits per heavy atom. The van der Waals surface area contributed by atoms with Gasteiger partial charge in [0.05, 0.1) is 28.8 Å². The molecule has 0 spiro atoms. The molecule has 2 aromatic rings. The highest BCUT2D eigenvalue weighted by molar-refractivity contribution is 9.10. The number of nitro benzene ring substituents is 1. The van der Waals surface area contributed by atoms with Crippen LogP contribution in [0.2, 0.25) is 0 Å². The van der Waals surface area contributed by atoms with Gasteiger partial charge in [0.25, 0.3) is 11.6 Å².